The molecule has 0 N–H and O–H groups in total. The molecule has 1 saturated heterocycles. The first kappa shape index (κ1) is 18.0. The van der Waals surface area contributed by atoms with Gasteiger partial charge in [-0.25, -0.2) is 0 Å². The van der Waals surface area contributed by atoms with E-state index in [1.54, 1.807) is 0 Å². The average molecular weight is 284 g/mol. The van der Waals surface area contributed by atoms with Crippen LogP contribution in [0.4, 0.5) is 0 Å². The van der Waals surface area contributed by atoms with E-state index in [0.29, 0.717) is 12.0 Å². The van der Waals surface area contributed by atoms with Gasteiger partial charge >= 0.3 is 0 Å². The molecule has 0 bridgehead atoms. The lowest BCUT2D eigenvalue weighted by atomic mass is 9.80. The Bertz CT molecular complexity index is 248. The molecule has 0 radical (unpaired) electrons. The molecular weight excluding hydrogens is 248 g/mol. The molecular formula is C18H36O2. The SMILES string of the molecule is CCCCCCCCC[C@H]1OCC(C)(C)[C@H](C(C)C)O1. The molecule has 2 atom stereocenters. The number of rotatable bonds is 9. The maximum atomic E-state index is 6.19. The highest BCUT2D eigenvalue weighted by Crippen LogP contribution is 2.35. The van der Waals surface area contributed by atoms with Crippen LogP contribution in [-0.2, 0) is 9.47 Å². The molecule has 0 aromatic heterocycles. The molecule has 0 aromatic rings. The lowest BCUT2D eigenvalue weighted by Crippen LogP contribution is -2.48. The van der Waals surface area contributed by atoms with Crippen LogP contribution in [0, 0.1) is 11.3 Å². The normalized spacial score (nSPS) is 26.1. The quantitative estimate of drug-likeness (QED) is 0.517. The van der Waals surface area contributed by atoms with Crippen LogP contribution in [0.15, 0.2) is 0 Å². The summed E-state index contributed by atoms with van der Waals surface area (Å²) in [5, 5.41) is 0. The number of hydrogen-bond acceptors (Lipinski definition) is 2. The summed E-state index contributed by atoms with van der Waals surface area (Å²) in [5.74, 6) is 0.561. The van der Waals surface area contributed by atoms with Gasteiger partial charge in [0.1, 0.15) is 0 Å². The topological polar surface area (TPSA) is 18.5 Å². The molecule has 120 valence electrons. The Morgan fingerprint density at radius 1 is 1.00 bits per heavy atom. The highest BCUT2D eigenvalue weighted by molar-refractivity contribution is 4.84. The summed E-state index contributed by atoms with van der Waals surface area (Å²) in [4.78, 5) is 0. The van der Waals surface area contributed by atoms with Gasteiger partial charge in [0.2, 0.25) is 0 Å². The third-order valence-electron chi connectivity index (χ3n) is 4.36. The summed E-state index contributed by atoms with van der Waals surface area (Å²) in [6.07, 6.45) is 10.9. The Kier molecular flexibility index (Phi) is 8.13. The van der Waals surface area contributed by atoms with Crippen molar-refractivity contribution in [2.24, 2.45) is 11.3 Å². The van der Waals surface area contributed by atoms with Crippen LogP contribution in [0.2, 0.25) is 0 Å². The standard InChI is InChI=1S/C18H36O2/c1-6-7-8-9-10-11-12-13-16-19-14-18(4,5)17(20-16)15(2)3/h15-17H,6-14H2,1-5H3/t16-,17-/m0/s1. The van der Waals surface area contributed by atoms with Gasteiger partial charge in [0.05, 0.1) is 12.7 Å². The third-order valence-corrected chi connectivity index (χ3v) is 4.36. The van der Waals surface area contributed by atoms with Gasteiger partial charge in [0.15, 0.2) is 6.29 Å². The first-order valence-corrected chi connectivity index (χ1v) is 8.74. The largest absolute Gasteiger partial charge is 0.352 e. The molecule has 20 heavy (non-hydrogen) atoms. The Morgan fingerprint density at radius 3 is 2.20 bits per heavy atom. The highest BCUT2D eigenvalue weighted by Gasteiger charge is 2.39. The number of unbranched alkanes of at least 4 members (excludes halogenated alkanes) is 6. The first-order valence-electron chi connectivity index (χ1n) is 8.74. The maximum Gasteiger partial charge on any atom is 0.158 e. The van der Waals surface area contributed by atoms with Crippen molar-refractivity contribution in [1.29, 1.82) is 0 Å². The second kappa shape index (κ2) is 9.04. The van der Waals surface area contributed by atoms with Gasteiger partial charge in [-0.1, -0.05) is 73.1 Å². The van der Waals surface area contributed by atoms with Crippen LogP contribution in [0.1, 0.15) is 86.0 Å². The van der Waals surface area contributed by atoms with Gasteiger partial charge in [-0.05, 0) is 18.8 Å². The fourth-order valence-electron chi connectivity index (χ4n) is 3.26. The van der Waals surface area contributed by atoms with E-state index in [1.807, 2.05) is 0 Å². The molecule has 1 aliphatic heterocycles. The van der Waals surface area contributed by atoms with E-state index in [1.165, 1.54) is 44.9 Å². The van der Waals surface area contributed by atoms with Gasteiger partial charge in [-0.15, -0.1) is 0 Å². The summed E-state index contributed by atoms with van der Waals surface area (Å²) in [6.45, 7) is 12.1. The lowest BCUT2D eigenvalue weighted by molar-refractivity contribution is -0.271. The zero-order valence-corrected chi connectivity index (χ0v) is 14.4. The van der Waals surface area contributed by atoms with Gasteiger partial charge in [-0.2, -0.15) is 0 Å². The molecule has 2 heteroatoms. The summed E-state index contributed by atoms with van der Waals surface area (Å²) in [7, 11) is 0. The zero-order valence-electron chi connectivity index (χ0n) is 14.4. The Morgan fingerprint density at radius 2 is 1.60 bits per heavy atom. The smallest absolute Gasteiger partial charge is 0.158 e. The van der Waals surface area contributed by atoms with Crippen molar-refractivity contribution >= 4 is 0 Å². The van der Waals surface area contributed by atoms with Gasteiger partial charge in [0, 0.05) is 5.41 Å². The molecule has 0 saturated carbocycles. The van der Waals surface area contributed by atoms with Crippen molar-refractivity contribution in [3.63, 3.8) is 0 Å². The number of ether oxygens (including phenoxy) is 2. The minimum Gasteiger partial charge on any atom is -0.352 e. The van der Waals surface area contributed by atoms with Crippen molar-refractivity contribution in [3.8, 4) is 0 Å². The number of hydrogen-bond donors (Lipinski definition) is 0. The van der Waals surface area contributed by atoms with Crippen molar-refractivity contribution in [1.82, 2.24) is 0 Å². The van der Waals surface area contributed by atoms with Crippen LogP contribution in [0.5, 0.6) is 0 Å². The van der Waals surface area contributed by atoms with Crippen molar-refractivity contribution in [2.45, 2.75) is 98.4 Å². The van der Waals surface area contributed by atoms with E-state index in [0.717, 1.165) is 13.0 Å². The van der Waals surface area contributed by atoms with Crippen LogP contribution < -0.4 is 0 Å². The average Bonchev–Trinajstić information content (AvgIpc) is 2.38. The second-order valence-electron chi connectivity index (χ2n) is 7.44. The van der Waals surface area contributed by atoms with Crippen molar-refractivity contribution in [3.05, 3.63) is 0 Å². The Balaban J connectivity index is 2.16. The summed E-state index contributed by atoms with van der Waals surface area (Å²) in [6, 6.07) is 0. The van der Waals surface area contributed by atoms with E-state index in [2.05, 4.69) is 34.6 Å². The van der Waals surface area contributed by atoms with Gasteiger partial charge in [-0.3, -0.25) is 0 Å². The molecule has 2 nitrogen and oxygen atoms in total. The summed E-state index contributed by atoms with van der Waals surface area (Å²) >= 11 is 0. The molecule has 1 heterocycles. The predicted molar refractivity (Wildman–Crippen MR) is 85.8 cm³/mol. The fraction of sp³-hybridized carbons (Fsp3) is 1.00. The van der Waals surface area contributed by atoms with Crippen LogP contribution >= 0.6 is 0 Å². The van der Waals surface area contributed by atoms with Gasteiger partial charge < -0.3 is 9.47 Å². The molecule has 0 aromatic carbocycles. The molecule has 1 aliphatic rings. The second-order valence-corrected chi connectivity index (χ2v) is 7.44. The molecule has 0 amide bonds. The Labute approximate surface area is 126 Å². The van der Waals surface area contributed by atoms with Gasteiger partial charge in [0.25, 0.3) is 0 Å². The summed E-state index contributed by atoms with van der Waals surface area (Å²) in [5.41, 5.74) is 0.144. The Hall–Kier alpha value is -0.0800. The minimum absolute atomic E-state index is 0.0334. The molecule has 1 rings (SSSR count). The molecule has 0 aliphatic carbocycles. The van der Waals surface area contributed by atoms with Crippen molar-refractivity contribution in [2.75, 3.05) is 6.61 Å². The van der Waals surface area contributed by atoms with E-state index >= 15 is 0 Å². The van der Waals surface area contributed by atoms with Crippen molar-refractivity contribution < 1.29 is 9.47 Å². The van der Waals surface area contributed by atoms with E-state index in [-0.39, 0.29) is 11.7 Å². The minimum atomic E-state index is 0.0334. The molecule has 1 fully saturated rings. The predicted octanol–water partition coefficient (Wildman–Crippen LogP) is 5.55. The first-order chi connectivity index (χ1) is 9.47. The molecule has 0 spiro atoms. The van der Waals surface area contributed by atoms with Crippen LogP contribution in [0.3, 0.4) is 0 Å². The lowest BCUT2D eigenvalue weighted by Gasteiger charge is -2.44. The maximum absolute atomic E-state index is 6.19. The monoisotopic (exact) mass is 284 g/mol. The molecule has 0 unspecified atom stereocenters. The fourth-order valence-corrected chi connectivity index (χ4v) is 3.26. The highest BCUT2D eigenvalue weighted by atomic mass is 16.7. The van der Waals surface area contributed by atoms with E-state index in [9.17, 15) is 0 Å². The summed E-state index contributed by atoms with van der Waals surface area (Å²) < 4.78 is 12.1. The van der Waals surface area contributed by atoms with Crippen LogP contribution in [-0.4, -0.2) is 19.0 Å². The third kappa shape index (κ3) is 6.13. The van der Waals surface area contributed by atoms with Crippen LogP contribution in [0.25, 0.3) is 0 Å². The van der Waals surface area contributed by atoms with E-state index < -0.39 is 0 Å². The zero-order chi connectivity index (χ0) is 15.0. The van der Waals surface area contributed by atoms with E-state index in [4.69, 9.17) is 9.47 Å².